The Labute approximate surface area is 314 Å². The van der Waals surface area contributed by atoms with Gasteiger partial charge in [0.15, 0.2) is 0 Å². The second kappa shape index (κ2) is 16.0. The number of primary amides is 1. The molecule has 6 rings (SSSR count). The number of halogens is 3. The lowest BCUT2D eigenvalue weighted by atomic mass is 9.97. The number of benzene rings is 4. The maximum absolute atomic E-state index is 15.1. The Kier molecular flexibility index (Phi) is 11.1. The number of nitrogens with zero attached hydrogens (tertiary/aromatic N) is 6. The van der Waals surface area contributed by atoms with Crippen molar-refractivity contribution in [2.24, 2.45) is 5.73 Å². The number of alkyl halides is 3. The minimum atomic E-state index is -5.16. The van der Waals surface area contributed by atoms with Gasteiger partial charge in [0.1, 0.15) is 27.8 Å². The molecule has 0 unspecified atom stereocenters. The van der Waals surface area contributed by atoms with Crippen molar-refractivity contribution in [1.82, 2.24) is 29.5 Å². The fourth-order valence-corrected chi connectivity index (χ4v) is 7.58. The summed E-state index contributed by atoms with van der Waals surface area (Å²) in [5, 5.41) is 12.6. The summed E-state index contributed by atoms with van der Waals surface area (Å²) in [4.78, 5) is 15.9. The minimum Gasteiger partial charge on any atom is -0.497 e. The second-order valence-corrected chi connectivity index (χ2v) is 14.0. The number of methoxy groups -OCH3 is 3. The molecule has 1 amide bonds. The highest BCUT2D eigenvalue weighted by atomic mass is 32.2. The Balaban J connectivity index is 1.58. The van der Waals surface area contributed by atoms with Crippen molar-refractivity contribution in [3.8, 4) is 39.8 Å². The smallest absolute Gasteiger partial charge is 0.417 e. The fraction of sp³-hybridized carbons (Fsp3) is 0.184. The number of nitrogens with two attached hydrogens (primary N) is 1. The molecule has 0 radical (unpaired) electrons. The summed E-state index contributed by atoms with van der Waals surface area (Å²) in [6.45, 7) is -0.610. The highest BCUT2D eigenvalue weighted by Gasteiger charge is 2.43. The van der Waals surface area contributed by atoms with Crippen LogP contribution in [-0.2, 0) is 35.8 Å². The van der Waals surface area contributed by atoms with Gasteiger partial charge in [-0.1, -0.05) is 48.5 Å². The zero-order valence-electron chi connectivity index (χ0n) is 29.7. The van der Waals surface area contributed by atoms with Crippen molar-refractivity contribution < 1.29 is 40.6 Å². The monoisotopic (exact) mass is 773 g/mol. The number of hydrogen-bond donors (Lipinski definition) is 1. The normalized spacial score (nSPS) is 11.8. The van der Waals surface area contributed by atoms with Gasteiger partial charge in [-0.05, 0) is 76.0 Å². The van der Waals surface area contributed by atoms with Crippen LogP contribution in [0, 0.1) is 0 Å². The number of carbonyl (C=O) groups excluding carboxylic acids is 1. The summed E-state index contributed by atoms with van der Waals surface area (Å²) in [6, 6.07) is 24.4. The number of hydrogen-bond acceptors (Lipinski definition) is 10. The zero-order chi connectivity index (χ0) is 39.3. The Morgan fingerprint density at radius 1 is 0.764 bits per heavy atom. The molecule has 0 aliphatic rings. The van der Waals surface area contributed by atoms with Crippen LogP contribution in [0.3, 0.4) is 0 Å². The van der Waals surface area contributed by atoms with Gasteiger partial charge in [0.25, 0.3) is 5.91 Å². The minimum absolute atomic E-state index is 0.0204. The third-order valence-corrected chi connectivity index (χ3v) is 10.5. The van der Waals surface area contributed by atoms with Crippen LogP contribution < -0.4 is 19.9 Å². The van der Waals surface area contributed by atoms with E-state index < -0.39 is 44.0 Å². The summed E-state index contributed by atoms with van der Waals surface area (Å²) >= 11 is 0. The molecule has 2 N–H and O–H groups in total. The Morgan fingerprint density at radius 2 is 1.29 bits per heavy atom. The first-order valence-electron chi connectivity index (χ1n) is 16.5. The molecule has 2 heterocycles. The first-order valence-corrected chi connectivity index (χ1v) is 17.9. The van der Waals surface area contributed by atoms with Gasteiger partial charge < -0.3 is 19.9 Å². The average molecular weight is 774 g/mol. The Bertz CT molecular complexity index is 2340. The molecular formula is C38H34F3N7O6S. The number of amides is 1. The van der Waals surface area contributed by atoms with E-state index in [0.29, 0.717) is 40.0 Å². The van der Waals surface area contributed by atoms with Crippen molar-refractivity contribution in [2.45, 2.75) is 30.7 Å². The van der Waals surface area contributed by atoms with Crippen LogP contribution in [0.1, 0.15) is 32.7 Å². The van der Waals surface area contributed by atoms with Crippen LogP contribution >= 0.6 is 0 Å². The Hall–Kier alpha value is -6.33. The van der Waals surface area contributed by atoms with Gasteiger partial charge in [0, 0.05) is 24.8 Å². The topological polar surface area (TPSA) is 165 Å². The molecule has 0 saturated carbocycles. The van der Waals surface area contributed by atoms with E-state index in [-0.39, 0.29) is 36.5 Å². The predicted molar refractivity (Wildman–Crippen MR) is 195 cm³/mol. The molecule has 17 heteroatoms. The van der Waals surface area contributed by atoms with Crippen LogP contribution in [0.15, 0.2) is 108 Å². The van der Waals surface area contributed by atoms with E-state index in [4.69, 9.17) is 19.9 Å². The number of sulfonamides is 1. The highest BCUT2D eigenvalue weighted by molar-refractivity contribution is 7.89. The molecule has 55 heavy (non-hydrogen) atoms. The SMILES string of the molecule is COc1ccc(CN(Cc2ccc(OC)cc2)S(=O)(=O)c2c(C(F)(F)F)ccc(-c3ccc(C(N)=O)nc3)c2-c2nnn(Cc3ccc(OC)cc3)n2)cc1. The third-order valence-electron chi connectivity index (χ3n) is 8.58. The zero-order valence-corrected chi connectivity index (χ0v) is 30.5. The number of pyridine rings is 1. The van der Waals surface area contributed by atoms with Crippen molar-refractivity contribution in [1.29, 1.82) is 0 Å². The van der Waals surface area contributed by atoms with Crippen molar-refractivity contribution in [3.63, 3.8) is 0 Å². The van der Waals surface area contributed by atoms with Gasteiger partial charge in [-0.15, -0.1) is 10.2 Å². The molecular weight excluding hydrogens is 740 g/mol. The fourth-order valence-electron chi connectivity index (χ4n) is 5.76. The van der Waals surface area contributed by atoms with E-state index in [0.717, 1.165) is 15.2 Å². The molecule has 2 aromatic heterocycles. The van der Waals surface area contributed by atoms with Crippen LogP contribution in [0.25, 0.3) is 22.5 Å². The molecule has 0 atom stereocenters. The van der Waals surface area contributed by atoms with E-state index in [1.54, 1.807) is 72.8 Å². The van der Waals surface area contributed by atoms with Crippen LogP contribution in [-0.4, -0.2) is 65.2 Å². The molecule has 6 aromatic rings. The van der Waals surface area contributed by atoms with E-state index in [1.165, 1.54) is 39.7 Å². The number of tetrazole rings is 1. The van der Waals surface area contributed by atoms with E-state index in [9.17, 15) is 4.79 Å². The lowest BCUT2D eigenvalue weighted by molar-refractivity contribution is -0.139. The molecule has 0 fully saturated rings. The summed E-state index contributed by atoms with van der Waals surface area (Å²) in [7, 11) is -0.641. The summed E-state index contributed by atoms with van der Waals surface area (Å²) < 4.78 is 92.4. The van der Waals surface area contributed by atoms with Gasteiger partial charge in [0.05, 0.1) is 39.0 Å². The van der Waals surface area contributed by atoms with Gasteiger partial charge in [-0.3, -0.25) is 9.78 Å². The first kappa shape index (κ1) is 38.4. The third kappa shape index (κ3) is 8.58. The van der Waals surface area contributed by atoms with E-state index in [2.05, 4.69) is 20.4 Å². The quantitative estimate of drug-likeness (QED) is 0.139. The lowest BCUT2D eigenvalue weighted by Crippen LogP contribution is -2.32. The standard InChI is InChI=1S/C38H34F3N7O6S/c1-52-28-11-4-24(5-12-28)21-47(22-25-6-13-29(53-2)14-7-25)55(50,51)35-32(38(39,40)41)18-17-31(27-10-19-33(36(42)49)43-20-27)34(35)37-44-46-48(45-37)23-26-8-15-30(54-3)16-9-26/h4-20H,21-23H2,1-3H3,(H2,42,49). The molecule has 0 aliphatic heterocycles. The first-order chi connectivity index (χ1) is 26.3. The van der Waals surface area contributed by atoms with Gasteiger partial charge in [-0.2, -0.15) is 22.3 Å². The maximum Gasteiger partial charge on any atom is 0.417 e. The van der Waals surface area contributed by atoms with Crippen LogP contribution in [0.2, 0.25) is 0 Å². The van der Waals surface area contributed by atoms with Crippen molar-refractivity contribution in [3.05, 3.63) is 131 Å². The van der Waals surface area contributed by atoms with Gasteiger partial charge >= 0.3 is 6.18 Å². The predicted octanol–water partition coefficient (Wildman–Crippen LogP) is 5.99. The van der Waals surface area contributed by atoms with E-state index >= 15 is 21.6 Å². The number of aromatic nitrogens is 5. The Morgan fingerprint density at radius 3 is 1.75 bits per heavy atom. The molecule has 4 aromatic carbocycles. The average Bonchev–Trinajstić information content (AvgIpc) is 3.65. The molecule has 0 spiro atoms. The summed E-state index contributed by atoms with van der Waals surface area (Å²) in [6.07, 6.45) is -3.95. The van der Waals surface area contributed by atoms with Gasteiger partial charge in [-0.25, -0.2) is 8.42 Å². The van der Waals surface area contributed by atoms with Crippen molar-refractivity contribution >= 4 is 15.9 Å². The van der Waals surface area contributed by atoms with E-state index in [1.807, 2.05) is 0 Å². The molecule has 0 saturated heterocycles. The second-order valence-electron chi connectivity index (χ2n) is 12.1. The number of carbonyl (C=O) groups is 1. The lowest BCUT2D eigenvalue weighted by Gasteiger charge is -2.27. The van der Waals surface area contributed by atoms with Gasteiger partial charge in [0.2, 0.25) is 15.8 Å². The highest BCUT2D eigenvalue weighted by Crippen LogP contribution is 2.45. The van der Waals surface area contributed by atoms with Crippen LogP contribution in [0.4, 0.5) is 13.2 Å². The molecule has 284 valence electrons. The molecule has 0 bridgehead atoms. The summed E-state index contributed by atoms with van der Waals surface area (Å²) in [5.41, 5.74) is 5.14. The number of ether oxygens (including phenoxy) is 3. The maximum atomic E-state index is 15.1. The molecule has 0 aliphatic carbocycles. The largest absolute Gasteiger partial charge is 0.497 e. The molecule has 13 nitrogen and oxygen atoms in total. The van der Waals surface area contributed by atoms with Crippen LogP contribution in [0.5, 0.6) is 17.2 Å². The number of rotatable bonds is 14. The van der Waals surface area contributed by atoms with Crippen molar-refractivity contribution in [2.75, 3.05) is 21.3 Å². The summed E-state index contributed by atoms with van der Waals surface area (Å²) in [5.74, 6) is 0.369.